The van der Waals surface area contributed by atoms with Gasteiger partial charge in [-0.3, -0.25) is 9.59 Å². The van der Waals surface area contributed by atoms with Crippen molar-refractivity contribution < 1.29 is 45.9 Å². The van der Waals surface area contributed by atoms with Gasteiger partial charge in [0.2, 0.25) is 10.0 Å². The van der Waals surface area contributed by atoms with Gasteiger partial charge < -0.3 is 30.3 Å². The third-order valence-corrected chi connectivity index (χ3v) is 12.9. The number of halogens is 2. The molecule has 18 heteroatoms. The summed E-state index contributed by atoms with van der Waals surface area (Å²) < 4.78 is 70.0. The summed E-state index contributed by atoms with van der Waals surface area (Å²) in [5.74, 6) is -1.40. The lowest BCUT2D eigenvalue weighted by molar-refractivity contribution is 0.0237. The van der Waals surface area contributed by atoms with E-state index in [1.807, 2.05) is 27.7 Å². The number of sulfonamides is 1. The standard InChI is InChI=1S/C50H64F2N6O8S2/c1-8-14-57(15-9-2)47(59)36-20-34(12-5)21-38(25-36)49(61)65-18-13-56-68(63,64)43-27-37(48(60)58(16-10-3)17-11-4)26-39(28-43)50(62)66-45(44(53)24-35-22-40(51)29-41(52)23-35)32-54-30-42-31-55-46(67-42)19-33(6)7/h5,20-23,25-29,31,33,44-45,54,56H,8-11,13-19,24,30,32,53H2,1-4,6-7H3/t44-,45+/m0/s1. The van der Waals surface area contributed by atoms with E-state index >= 15 is 0 Å². The molecule has 1 aromatic heterocycles. The van der Waals surface area contributed by atoms with Crippen LogP contribution in [0.5, 0.6) is 0 Å². The van der Waals surface area contributed by atoms with Crippen LogP contribution in [0.15, 0.2) is 65.7 Å². The Labute approximate surface area is 403 Å². The number of amides is 2. The topological polar surface area (TPSA) is 190 Å². The van der Waals surface area contributed by atoms with E-state index in [0.29, 0.717) is 51.5 Å². The van der Waals surface area contributed by atoms with Crippen molar-refractivity contribution in [1.29, 1.82) is 0 Å². The molecule has 4 aromatic rings. The number of terminal acetylenes is 1. The van der Waals surface area contributed by atoms with Gasteiger partial charge in [-0.2, -0.15) is 0 Å². The molecule has 368 valence electrons. The predicted octanol–water partition coefficient (Wildman–Crippen LogP) is 7.15. The largest absolute Gasteiger partial charge is 0.461 e. The highest BCUT2D eigenvalue weighted by atomic mass is 32.2. The molecule has 0 unspecified atom stereocenters. The van der Waals surface area contributed by atoms with E-state index in [1.165, 1.54) is 35.6 Å². The number of carbonyl (C=O) groups excluding carboxylic acids is 4. The first-order valence-corrected chi connectivity index (χ1v) is 25.3. The normalized spacial score (nSPS) is 12.3. The van der Waals surface area contributed by atoms with Gasteiger partial charge in [-0.25, -0.2) is 36.5 Å². The summed E-state index contributed by atoms with van der Waals surface area (Å²) in [4.78, 5) is 62.8. The molecule has 0 fully saturated rings. The minimum absolute atomic E-state index is 0.00619. The van der Waals surface area contributed by atoms with Gasteiger partial charge in [0.15, 0.2) is 0 Å². The van der Waals surface area contributed by atoms with E-state index in [-0.39, 0.29) is 52.3 Å². The summed E-state index contributed by atoms with van der Waals surface area (Å²) in [7, 11) is -4.49. The molecule has 2 amide bonds. The van der Waals surface area contributed by atoms with Crippen LogP contribution in [0.1, 0.15) is 130 Å². The maximum absolute atomic E-state index is 14.2. The fourth-order valence-corrected chi connectivity index (χ4v) is 9.53. The zero-order chi connectivity index (χ0) is 50.0. The van der Waals surface area contributed by atoms with Crippen molar-refractivity contribution in [2.24, 2.45) is 11.7 Å². The Morgan fingerprint density at radius 2 is 1.34 bits per heavy atom. The molecule has 0 aliphatic heterocycles. The highest BCUT2D eigenvalue weighted by Crippen LogP contribution is 2.22. The van der Waals surface area contributed by atoms with Crippen LogP contribution in [0.2, 0.25) is 0 Å². The van der Waals surface area contributed by atoms with Crippen LogP contribution in [0.3, 0.4) is 0 Å². The summed E-state index contributed by atoms with van der Waals surface area (Å²) in [6.07, 6.45) is 9.70. The molecule has 0 bridgehead atoms. The molecule has 3 aromatic carbocycles. The smallest absolute Gasteiger partial charge is 0.338 e. The minimum Gasteiger partial charge on any atom is -0.461 e. The number of hydrogen-bond acceptors (Lipinski definition) is 12. The van der Waals surface area contributed by atoms with E-state index in [0.717, 1.165) is 59.5 Å². The number of rotatable bonds is 27. The molecular weight excluding hydrogens is 915 g/mol. The van der Waals surface area contributed by atoms with Crippen molar-refractivity contribution in [3.05, 3.63) is 116 Å². The number of benzene rings is 3. The van der Waals surface area contributed by atoms with Gasteiger partial charge in [0, 0.05) is 92.1 Å². The first-order valence-electron chi connectivity index (χ1n) is 23.0. The third-order valence-electron chi connectivity index (χ3n) is 10.4. The highest BCUT2D eigenvalue weighted by Gasteiger charge is 2.28. The molecule has 14 nitrogen and oxygen atoms in total. The maximum atomic E-state index is 14.2. The second-order valence-corrected chi connectivity index (χ2v) is 19.8. The lowest BCUT2D eigenvalue weighted by Crippen LogP contribution is -2.46. The predicted molar refractivity (Wildman–Crippen MR) is 259 cm³/mol. The fraction of sp³-hybridized carbons (Fsp3) is 0.460. The number of nitrogens with one attached hydrogen (secondary N) is 2. The Hall–Kier alpha value is -5.58. The molecule has 0 radical (unpaired) electrons. The van der Waals surface area contributed by atoms with E-state index < -0.39 is 69.7 Å². The SMILES string of the molecule is C#Cc1cc(C(=O)OCCNS(=O)(=O)c2cc(C(=O)O[C@H](CNCc3cnc(CC(C)C)s3)[C@@H](N)Cc3cc(F)cc(F)c3)cc(C(=O)N(CCC)CCC)c2)cc(C(=O)N(CCC)CCC)c1. The Morgan fingerprint density at radius 3 is 1.90 bits per heavy atom. The monoisotopic (exact) mass is 978 g/mol. The van der Waals surface area contributed by atoms with Crippen molar-refractivity contribution in [2.75, 3.05) is 45.9 Å². The molecule has 0 aliphatic rings. The summed E-state index contributed by atoms with van der Waals surface area (Å²) >= 11 is 1.53. The molecular formula is C50H64F2N6O8S2. The van der Waals surface area contributed by atoms with Crippen LogP contribution in [0.25, 0.3) is 0 Å². The first kappa shape index (κ1) is 55.0. The van der Waals surface area contributed by atoms with Crippen LogP contribution >= 0.6 is 11.3 Å². The molecule has 0 saturated carbocycles. The van der Waals surface area contributed by atoms with E-state index in [4.69, 9.17) is 21.6 Å². The van der Waals surface area contributed by atoms with Gasteiger partial charge in [0.05, 0.1) is 21.0 Å². The van der Waals surface area contributed by atoms with E-state index in [1.54, 1.807) is 16.0 Å². The number of thiazole rings is 1. The molecule has 1 heterocycles. The van der Waals surface area contributed by atoms with Crippen molar-refractivity contribution >= 4 is 45.1 Å². The van der Waals surface area contributed by atoms with Crippen LogP contribution in [-0.2, 0) is 38.9 Å². The third kappa shape index (κ3) is 16.6. The quantitative estimate of drug-likeness (QED) is 0.0313. The summed E-state index contributed by atoms with van der Waals surface area (Å²) in [6, 6.07) is 9.77. The van der Waals surface area contributed by atoms with Crippen molar-refractivity contribution in [3.63, 3.8) is 0 Å². The maximum Gasteiger partial charge on any atom is 0.338 e. The number of nitrogens with zero attached hydrogens (tertiary/aromatic N) is 3. The Kier molecular flexibility index (Phi) is 21.7. The first-order chi connectivity index (χ1) is 32.4. The molecule has 0 spiro atoms. The average molecular weight is 979 g/mol. The van der Waals surface area contributed by atoms with Crippen LogP contribution in [0, 0.1) is 29.9 Å². The van der Waals surface area contributed by atoms with Gasteiger partial charge in [0.25, 0.3) is 11.8 Å². The van der Waals surface area contributed by atoms with Crippen molar-refractivity contribution in [2.45, 2.75) is 104 Å². The Morgan fingerprint density at radius 1 is 0.794 bits per heavy atom. The molecule has 68 heavy (non-hydrogen) atoms. The molecule has 0 aliphatic carbocycles. The van der Waals surface area contributed by atoms with Crippen molar-refractivity contribution in [1.82, 2.24) is 24.8 Å². The Bertz CT molecular complexity index is 2480. The van der Waals surface area contributed by atoms with E-state index in [9.17, 15) is 36.4 Å². The number of esters is 2. The highest BCUT2D eigenvalue weighted by molar-refractivity contribution is 7.89. The zero-order valence-electron chi connectivity index (χ0n) is 39.7. The van der Waals surface area contributed by atoms with Gasteiger partial charge in [-0.1, -0.05) is 47.5 Å². The van der Waals surface area contributed by atoms with Gasteiger partial charge in [-0.05, 0) is 92.1 Å². The van der Waals surface area contributed by atoms with Gasteiger partial charge in [0.1, 0.15) is 24.3 Å². The Balaban J connectivity index is 1.59. The summed E-state index contributed by atoms with van der Waals surface area (Å²) in [6.45, 7) is 13.1. The van der Waals surface area contributed by atoms with Crippen LogP contribution < -0.4 is 15.8 Å². The lowest BCUT2D eigenvalue weighted by atomic mass is 10.0. The summed E-state index contributed by atoms with van der Waals surface area (Å²) in [5.41, 5.74) is 6.96. The number of ether oxygens (including phenoxy) is 2. The fourth-order valence-electron chi connectivity index (χ4n) is 7.34. The second-order valence-electron chi connectivity index (χ2n) is 16.8. The van der Waals surface area contributed by atoms with E-state index in [2.05, 4.69) is 34.8 Å². The lowest BCUT2D eigenvalue weighted by Gasteiger charge is -2.25. The van der Waals surface area contributed by atoms with Crippen LogP contribution in [0.4, 0.5) is 8.78 Å². The molecule has 0 saturated heterocycles. The minimum atomic E-state index is -4.49. The summed E-state index contributed by atoms with van der Waals surface area (Å²) in [5, 5.41) is 4.20. The number of carbonyl (C=O) groups is 4. The number of aromatic nitrogens is 1. The number of nitrogens with two attached hydrogens (primary N) is 1. The molecule has 4 N–H and O–H groups in total. The second kappa shape index (κ2) is 26.8. The molecule has 4 rings (SSSR count). The zero-order valence-corrected chi connectivity index (χ0v) is 41.4. The van der Waals surface area contributed by atoms with Crippen molar-refractivity contribution in [3.8, 4) is 12.3 Å². The number of hydrogen-bond donors (Lipinski definition) is 3. The van der Waals surface area contributed by atoms with Gasteiger partial charge in [-0.15, -0.1) is 17.8 Å². The van der Waals surface area contributed by atoms with Crippen LogP contribution in [-0.4, -0.2) is 105 Å². The average Bonchev–Trinajstić information content (AvgIpc) is 3.74. The van der Waals surface area contributed by atoms with Gasteiger partial charge >= 0.3 is 11.9 Å². The molecule has 2 atom stereocenters.